The van der Waals surface area contributed by atoms with Crippen LogP contribution in [0.1, 0.15) is 25.3 Å². The molecule has 0 atom stereocenters. The van der Waals surface area contributed by atoms with Crippen LogP contribution in [0.15, 0.2) is 78.9 Å². The van der Waals surface area contributed by atoms with Crippen molar-refractivity contribution in [2.75, 3.05) is 22.4 Å². The summed E-state index contributed by atoms with van der Waals surface area (Å²) in [6.45, 7) is 3.85. The average Bonchev–Trinajstić information content (AvgIpc) is 2.73. The van der Waals surface area contributed by atoms with Crippen molar-refractivity contribution in [3.05, 3.63) is 84.4 Å². The fraction of sp³-hybridized carbons (Fsp3) is 0.208. The number of sulfonamides is 1. The first-order valence-electron chi connectivity index (χ1n) is 9.93. The largest absolute Gasteiger partial charge is 0.457 e. The predicted molar refractivity (Wildman–Crippen MR) is 124 cm³/mol. The molecule has 0 unspecified atom stereocenters. The number of hydrogen-bond acceptors (Lipinski definition) is 4. The second kappa shape index (κ2) is 9.66. The Morgan fingerprint density at radius 1 is 0.903 bits per heavy atom. The fourth-order valence-electron chi connectivity index (χ4n) is 2.99. The molecule has 7 heteroatoms. The number of carbonyl (C=O) groups excluding carboxylic acids is 1. The Morgan fingerprint density at radius 3 is 2.03 bits per heavy atom. The molecule has 1 N–H and O–H groups in total. The number of anilines is 2. The van der Waals surface area contributed by atoms with Gasteiger partial charge in [0, 0.05) is 5.69 Å². The van der Waals surface area contributed by atoms with E-state index in [1.807, 2.05) is 54.6 Å². The minimum Gasteiger partial charge on any atom is -0.457 e. The van der Waals surface area contributed by atoms with Crippen LogP contribution in [0.2, 0.25) is 0 Å². The van der Waals surface area contributed by atoms with Crippen LogP contribution in [-0.4, -0.2) is 27.1 Å². The van der Waals surface area contributed by atoms with Crippen LogP contribution in [0.25, 0.3) is 0 Å². The van der Waals surface area contributed by atoms with Crippen molar-refractivity contribution in [3.8, 4) is 11.5 Å². The van der Waals surface area contributed by atoms with Gasteiger partial charge >= 0.3 is 0 Å². The summed E-state index contributed by atoms with van der Waals surface area (Å²) >= 11 is 0. The first kappa shape index (κ1) is 22.4. The van der Waals surface area contributed by atoms with E-state index in [0.29, 0.717) is 28.8 Å². The van der Waals surface area contributed by atoms with Gasteiger partial charge in [-0.1, -0.05) is 44.2 Å². The van der Waals surface area contributed by atoms with Gasteiger partial charge in [-0.05, 0) is 60.0 Å². The third kappa shape index (κ3) is 6.33. The van der Waals surface area contributed by atoms with Crippen LogP contribution in [0, 0.1) is 0 Å². The second-order valence-corrected chi connectivity index (χ2v) is 9.41. The summed E-state index contributed by atoms with van der Waals surface area (Å²) in [5.41, 5.74) is 2.16. The predicted octanol–water partition coefficient (Wildman–Crippen LogP) is 5.01. The highest BCUT2D eigenvalue weighted by atomic mass is 32.2. The first-order valence-corrected chi connectivity index (χ1v) is 11.8. The van der Waals surface area contributed by atoms with E-state index in [1.54, 1.807) is 24.3 Å². The van der Waals surface area contributed by atoms with E-state index in [4.69, 9.17) is 4.74 Å². The molecule has 0 radical (unpaired) electrons. The highest BCUT2D eigenvalue weighted by molar-refractivity contribution is 7.92. The van der Waals surface area contributed by atoms with E-state index in [0.717, 1.165) is 16.1 Å². The maximum Gasteiger partial charge on any atom is 0.245 e. The molecule has 3 aromatic rings. The highest BCUT2D eigenvalue weighted by Crippen LogP contribution is 2.25. The maximum absolute atomic E-state index is 12.5. The summed E-state index contributed by atoms with van der Waals surface area (Å²) in [7, 11) is -3.66. The van der Waals surface area contributed by atoms with Crippen LogP contribution in [-0.2, 0) is 14.8 Å². The molecular formula is C24H26N2O4S. The van der Waals surface area contributed by atoms with E-state index >= 15 is 0 Å². The quantitative estimate of drug-likeness (QED) is 0.537. The van der Waals surface area contributed by atoms with Gasteiger partial charge in [-0.25, -0.2) is 8.42 Å². The lowest BCUT2D eigenvalue weighted by atomic mass is 10.0. The normalized spacial score (nSPS) is 11.2. The van der Waals surface area contributed by atoms with Crippen LogP contribution in [0.4, 0.5) is 11.4 Å². The summed E-state index contributed by atoms with van der Waals surface area (Å²) < 4.78 is 31.5. The Bertz CT molecular complexity index is 1110. The topological polar surface area (TPSA) is 75.7 Å². The fourth-order valence-corrected chi connectivity index (χ4v) is 3.84. The van der Waals surface area contributed by atoms with Crippen molar-refractivity contribution in [3.63, 3.8) is 0 Å². The Hall–Kier alpha value is -3.32. The number of nitrogens with one attached hydrogen (secondary N) is 1. The third-order valence-corrected chi connectivity index (χ3v) is 5.79. The lowest BCUT2D eigenvalue weighted by Crippen LogP contribution is -2.37. The van der Waals surface area contributed by atoms with E-state index in [9.17, 15) is 13.2 Å². The van der Waals surface area contributed by atoms with E-state index in [-0.39, 0.29) is 6.54 Å². The number of nitrogens with zero attached hydrogens (tertiary/aromatic N) is 1. The number of amides is 1. The van der Waals surface area contributed by atoms with Crippen molar-refractivity contribution in [2.45, 2.75) is 19.8 Å². The SMILES string of the molecule is CC(C)c1ccc(NC(=O)CN(c2ccc(Oc3ccccc3)cc2)S(C)(=O)=O)cc1. The minimum absolute atomic E-state index is 0.330. The number of carbonyl (C=O) groups is 1. The molecule has 0 aliphatic heterocycles. The molecule has 6 nitrogen and oxygen atoms in total. The first-order chi connectivity index (χ1) is 14.7. The Balaban J connectivity index is 1.70. The number of para-hydroxylation sites is 1. The molecule has 0 fully saturated rings. The molecule has 0 saturated heterocycles. The third-order valence-electron chi connectivity index (χ3n) is 4.65. The van der Waals surface area contributed by atoms with Gasteiger partial charge in [-0.3, -0.25) is 9.10 Å². The summed E-state index contributed by atoms with van der Waals surface area (Å²) in [4.78, 5) is 12.5. The van der Waals surface area contributed by atoms with Gasteiger partial charge in [-0.2, -0.15) is 0 Å². The molecule has 0 aromatic heterocycles. The monoisotopic (exact) mass is 438 g/mol. The number of ether oxygens (including phenoxy) is 1. The zero-order valence-electron chi connectivity index (χ0n) is 17.8. The number of rotatable bonds is 8. The molecule has 0 heterocycles. The molecule has 0 aliphatic carbocycles. The van der Waals surface area contributed by atoms with Gasteiger partial charge in [0.05, 0.1) is 11.9 Å². The van der Waals surface area contributed by atoms with Gasteiger partial charge in [0.25, 0.3) is 0 Å². The molecule has 162 valence electrons. The van der Waals surface area contributed by atoms with Gasteiger partial charge in [0.15, 0.2) is 0 Å². The van der Waals surface area contributed by atoms with Crippen LogP contribution in [0.3, 0.4) is 0 Å². The summed E-state index contributed by atoms with van der Waals surface area (Å²) in [6.07, 6.45) is 1.08. The molecule has 31 heavy (non-hydrogen) atoms. The standard InChI is InChI=1S/C24H26N2O4S/c1-18(2)19-9-11-20(12-10-19)25-24(27)17-26(31(3,28)29)21-13-15-23(16-14-21)30-22-7-5-4-6-8-22/h4-16,18H,17H2,1-3H3,(H,25,27). The number of benzene rings is 3. The zero-order chi connectivity index (χ0) is 22.4. The Kier molecular flexibility index (Phi) is 6.97. The smallest absolute Gasteiger partial charge is 0.245 e. The van der Waals surface area contributed by atoms with Crippen molar-refractivity contribution in [2.24, 2.45) is 0 Å². The van der Waals surface area contributed by atoms with Gasteiger partial charge in [0.1, 0.15) is 18.0 Å². The molecule has 0 spiro atoms. The second-order valence-electron chi connectivity index (χ2n) is 7.50. The van der Waals surface area contributed by atoms with Crippen LogP contribution >= 0.6 is 0 Å². The number of hydrogen-bond donors (Lipinski definition) is 1. The molecule has 1 amide bonds. The molecule has 0 saturated carbocycles. The van der Waals surface area contributed by atoms with Crippen molar-refractivity contribution >= 4 is 27.3 Å². The highest BCUT2D eigenvalue weighted by Gasteiger charge is 2.21. The van der Waals surface area contributed by atoms with Gasteiger partial charge in [-0.15, -0.1) is 0 Å². The zero-order valence-corrected chi connectivity index (χ0v) is 18.6. The lowest BCUT2D eigenvalue weighted by molar-refractivity contribution is -0.114. The average molecular weight is 439 g/mol. The summed E-state index contributed by atoms with van der Waals surface area (Å²) in [5, 5.41) is 2.75. The maximum atomic E-state index is 12.5. The molecular weight excluding hydrogens is 412 g/mol. The van der Waals surface area contributed by atoms with E-state index < -0.39 is 15.9 Å². The van der Waals surface area contributed by atoms with E-state index in [2.05, 4.69) is 19.2 Å². The molecule has 0 aliphatic rings. The molecule has 3 rings (SSSR count). The minimum atomic E-state index is -3.66. The Labute approximate surface area is 183 Å². The lowest BCUT2D eigenvalue weighted by Gasteiger charge is -2.22. The van der Waals surface area contributed by atoms with Crippen molar-refractivity contribution < 1.29 is 17.9 Å². The van der Waals surface area contributed by atoms with E-state index in [1.165, 1.54) is 0 Å². The van der Waals surface area contributed by atoms with Gasteiger partial charge in [0.2, 0.25) is 15.9 Å². The summed E-state index contributed by atoms with van der Waals surface area (Å²) in [5.74, 6) is 1.21. The van der Waals surface area contributed by atoms with Crippen molar-refractivity contribution in [1.29, 1.82) is 0 Å². The van der Waals surface area contributed by atoms with Crippen molar-refractivity contribution in [1.82, 2.24) is 0 Å². The summed E-state index contributed by atoms with van der Waals surface area (Å²) in [6, 6.07) is 23.4. The molecule has 0 bridgehead atoms. The van der Waals surface area contributed by atoms with Crippen LogP contribution < -0.4 is 14.4 Å². The molecule has 3 aromatic carbocycles. The van der Waals surface area contributed by atoms with Crippen LogP contribution in [0.5, 0.6) is 11.5 Å². The van der Waals surface area contributed by atoms with Gasteiger partial charge < -0.3 is 10.1 Å². The Morgan fingerprint density at radius 2 is 1.48 bits per heavy atom.